The van der Waals surface area contributed by atoms with Crippen LogP contribution in [0.5, 0.6) is 11.5 Å². The number of carbonyl (C=O) groups excluding carboxylic acids is 1. The van der Waals surface area contributed by atoms with Crippen LogP contribution in [0.1, 0.15) is 33.3 Å². The smallest absolute Gasteiger partial charge is 0.260 e. The van der Waals surface area contributed by atoms with Gasteiger partial charge in [0.25, 0.3) is 5.91 Å². The van der Waals surface area contributed by atoms with Gasteiger partial charge in [0.15, 0.2) is 6.10 Å². The Kier molecular flexibility index (Phi) is 6.61. The fraction of sp³-hybridized carbons (Fsp3) is 0.381. The van der Waals surface area contributed by atoms with Gasteiger partial charge in [-0.15, -0.1) is 0 Å². The molecule has 2 rings (SSSR count). The van der Waals surface area contributed by atoms with Crippen molar-refractivity contribution in [2.75, 3.05) is 13.2 Å². The number of hydrogen-bond donors (Lipinski definition) is 1. The van der Waals surface area contributed by atoms with E-state index in [1.54, 1.807) is 6.92 Å². The van der Waals surface area contributed by atoms with Crippen LogP contribution in [0.4, 0.5) is 4.39 Å². The van der Waals surface area contributed by atoms with Crippen LogP contribution in [0.3, 0.4) is 0 Å². The van der Waals surface area contributed by atoms with E-state index in [1.165, 1.54) is 29.8 Å². The van der Waals surface area contributed by atoms with E-state index in [2.05, 4.69) is 26.1 Å². The minimum atomic E-state index is -0.675. The summed E-state index contributed by atoms with van der Waals surface area (Å²) in [6.45, 7) is 8.86. The standard InChI is InChI=1S/C21H26FNO3/c1-15(26-19-11-7-17(22)8-12-19)20(24)23-13-14-25-18-9-5-16(6-10-18)21(2,3)4/h5-12,15H,13-14H2,1-4H3,(H,23,24). The van der Waals surface area contributed by atoms with Gasteiger partial charge in [-0.05, 0) is 54.3 Å². The molecule has 0 aliphatic carbocycles. The second-order valence-electron chi connectivity index (χ2n) is 7.13. The molecule has 1 amide bonds. The summed E-state index contributed by atoms with van der Waals surface area (Å²) in [7, 11) is 0. The lowest BCUT2D eigenvalue weighted by atomic mass is 9.87. The van der Waals surface area contributed by atoms with Gasteiger partial charge in [0.1, 0.15) is 23.9 Å². The number of benzene rings is 2. The molecule has 0 spiro atoms. The Morgan fingerprint density at radius 1 is 1.04 bits per heavy atom. The van der Waals surface area contributed by atoms with E-state index in [4.69, 9.17) is 9.47 Å². The monoisotopic (exact) mass is 359 g/mol. The lowest BCUT2D eigenvalue weighted by molar-refractivity contribution is -0.127. The van der Waals surface area contributed by atoms with E-state index in [0.29, 0.717) is 18.9 Å². The number of amides is 1. The van der Waals surface area contributed by atoms with Crippen molar-refractivity contribution in [1.82, 2.24) is 5.32 Å². The Balaban J connectivity index is 1.71. The molecule has 0 saturated carbocycles. The lowest BCUT2D eigenvalue weighted by Crippen LogP contribution is -2.38. The highest BCUT2D eigenvalue weighted by molar-refractivity contribution is 5.80. The summed E-state index contributed by atoms with van der Waals surface area (Å²) in [6, 6.07) is 13.5. The quantitative estimate of drug-likeness (QED) is 0.758. The minimum Gasteiger partial charge on any atom is -0.492 e. The van der Waals surface area contributed by atoms with E-state index < -0.39 is 6.10 Å². The molecule has 1 atom stereocenters. The van der Waals surface area contributed by atoms with Crippen molar-refractivity contribution in [3.8, 4) is 11.5 Å². The molecule has 2 aromatic rings. The molecule has 26 heavy (non-hydrogen) atoms. The van der Waals surface area contributed by atoms with Crippen LogP contribution in [-0.4, -0.2) is 25.2 Å². The maximum absolute atomic E-state index is 12.9. The molecular formula is C21H26FNO3. The third-order valence-electron chi connectivity index (χ3n) is 3.89. The molecule has 0 heterocycles. The van der Waals surface area contributed by atoms with Gasteiger partial charge in [0.05, 0.1) is 6.54 Å². The number of nitrogens with one attached hydrogen (secondary N) is 1. The van der Waals surface area contributed by atoms with Gasteiger partial charge in [0.2, 0.25) is 0 Å². The van der Waals surface area contributed by atoms with Crippen LogP contribution in [0.25, 0.3) is 0 Å². The first-order chi connectivity index (χ1) is 12.3. The SMILES string of the molecule is CC(Oc1ccc(F)cc1)C(=O)NCCOc1ccc(C(C)(C)C)cc1. The van der Waals surface area contributed by atoms with Gasteiger partial charge < -0.3 is 14.8 Å². The summed E-state index contributed by atoms with van der Waals surface area (Å²) < 4.78 is 24.0. The van der Waals surface area contributed by atoms with E-state index in [9.17, 15) is 9.18 Å². The summed E-state index contributed by atoms with van der Waals surface area (Å²) >= 11 is 0. The average Bonchev–Trinajstić information content (AvgIpc) is 2.60. The van der Waals surface area contributed by atoms with E-state index >= 15 is 0 Å². The highest BCUT2D eigenvalue weighted by atomic mass is 19.1. The Labute approximate surface area is 154 Å². The fourth-order valence-electron chi connectivity index (χ4n) is 2.31. The molecule has 0 fully saturated rings. The maximum Gasteiger partial charge on any atom is 0.260 e. The number of hydrogen-bond acceptors (Lipinski definition) is 3. The Bertz CT molecular complexity index is 706. The predicted molar refractivity (Wildman–Crippen MR) is 100 cm³/mol. The third kappa shape index (κ3) is 6.06. The molecule has 140 valence electrons. The molecule has 0 aliphatic rings. The first-order valence-corrected chi connectivity index (χ1v) is 8.69. The molecule has 0 saturated heterocycles. The molecule has 0 bridgehead atoms. The molecule has 4 nitrogen and oxygen atoms in total. The Hall–Kier alpha value is -2.56. The van der Waals surface area contributed by atoms with Crippen molar-refractivity contribution in [2.45, 2.75) is 39.2 Å². The van der Waals surface area contributed by atoms with Gasteiger partial charge in [-0.2, -0.15) is 0 Å². The van der Waals surface area contributed by atoms with E-state index in [0.717, 1.165) is 5.75 Å². The molecular weight excluding hydrogens is 333 g/mol. The van der Waals surface area contributed by atoms with Crippen molar-refractivity contribution in [3.05, 3.63) is 59.9 Å². The summed E-state index contributed by atoms with van der Waals surface area (Å²) in [4.78, 5) is 12.0. The third-order valence-corrected chi connectivity index (χ3v) is 3.89. The topological polar surface area (TPSA) is 47.6 Å². The maximum atomic E-state index is 12.9. The molecule has 1 unspecified atom stereocenters. The number of rotatable bonds is 7. The Morgan fingerprint density at radius 2 is 1.62 bits per heavy atom. The summed E-state index contributed by atoms with van der Waals surface area (Å²) in [5, 5.41) is 2.76. The predicted octanol–water partition coefficient (Wildman–Crippen LogP) is 4.09. The van der Waals surface area contributed by atoms with Crippen LogP contribution in [0, 0.1) is 5.82 Å². The Morgan fingerprint density at radius 3 is 2.19 bits per heavy atom. The van der Waals surface area contributed by atoms with Crippen LogP contribution in [-0.2, 0) is 10.2 Å². The minimum absolute atomic E-state index is 0.104. The average molecular weight is 359 g/mol. The van der Waals surface area contributed by atoms with E-state index in [1.807, 2.05) is 24.3 Å². The van der Waals surface area contributed by atoms with Crippen molar-refractivity contribution >= 4 is 5.91 Å². The van der Waals surface area contributed by atoms with Crippen LogP contribution in [0.15, 0.2) is 48.5 Å². The number of halogens is 1. The van der Waals surface area contributed by atoms with Crippen molar-refractivity contribution < 1.29 is 18.7 Å². The molecule has 0 aromatic heterocycles. The van der Waals surface area contributed by atoms with Gasteiger partial charge in [-0.3, -0.25) is 4.79 Å². The first kappa shape index (κ1) is 19.8. The zero-order valence-electron chi connectivity index (χ0n) is 15.7. The highest BCUT2D eigenvalue weighted by Gasteiger charge is 2.15. The zero-order valence-corrected chi connectivity index (χ0v) is 15.7. The first-order valence-electron chi connectivity index (χ1n) is 8.69. The van der Waals surface area contributed by atoms with Crippen molar-refractivity contribution in [1.29, 1.82) is 0 Å². The summed E-state index contributed by atoms with van der Waals surface area (Å²) in [6.07, 6.45) is -0.675. The molecule has 0 radical (unpaired) electrons. The summed E-state index contributed by atoms with van der Waals surface area (Å²) in [5.74, 6) is 0.621. The van der Waals surface area contributed by atoms with E-state index in [-0.39, 0.29) is 17.1 Å². The second-order valence-corrected chi connectivity index (χ2v) is 7.13. The molecule has 0 aliphatic heterocycles. The molecule has 2 aromatic carbocycles. The van der Waals surface area contributed by atoms with Gasteiger partial charge in [-0.1, -0.05) is 32.9 Å². The molecule has 5 heteroatoms. The van der Waals surface area contributed by atoms with Crippen LogP contribution < -0.4 is 14.8 Å². The fourth-order valence-corrected chi connectivity index (χ4v) is 2.31. The van der Waals surface area contributed by atoms with Crippen LogP contribution >= 0.6 is 0 Å². The van der Waals surface area contributed by atoms with Crippen molar-refractivity contribution in [2.24, 2.45) is 0 Å². The van der Waals surface area contributed by atoms with Crippen molar-refractivity contribution in [3.63, 3.8) is 0 Å². The van der Waals surface area contributed by atoms with Gasteiger partial charge in [-0.25, -0.2) is 4.39 Å². The van der Waals surface area contributed by atoms with Crippen LogP contribution in [0.2, 0.25) is 0 Å². The van der Waals surface area contributed by atoms with Gasteiger partial charge >= 0.3 is 0 Å². The van der Waals surface area contributed by atoms with Gasteiger partial charge in [0, 0.05) is 0 Å². The lowest BCUT2D eigenvalue weighted by Gasteiger charge is -2.19. The zero-order chi connectivity index (χ0) is 19.2. The normalized spacial score (nSPS) is 12.3. The second kappa shape index (κ2) is 8.70. The highest BCUT2D eigenvalue weighted by Crippen LogP contribution is 2.24. The molecule has 1 N–H and O–H groups in total. The largest absolute Gasteiger partial charge is 0.492 e. The summed E-state index contributed by atoms with van der Waals surface area (Å²) in [5.41, 5.74) is 1.34. The number of ether oxygens (including phenoxy) is 2. The number of carbonyl (C=O) groups is 1.